The number of aryl methyl sites for hydroxylation is 2. The van der Waals surface area contributed by atoms with E-state index >= 15 is 0 Å². The number of benzene rings is 1. The fourth-order valence-corrected chi connectivity index (χ4v) is 2.82. The quantitative estimate of drug-likeness (QED) is 0.899. The van der Waals surface area contributed by atoms with Crippen molar-refractivity contribution >= 4 is 9.84 Å². The van der Waals surface area contributed by atoms with Crippen LogP contribution in [0.4, 0.5) is 0 Å². The fourth-order valence-electron chi connectivity index (χ4n) is 1.53. The van der Waals surface area contributed by atoms with Gasteiger partial charge in [-0.2, -0.15) is 5.10 Å². The van der Waals surface area contributed by atoms with Crippen molar-refractivity contribution in [3.05, 3.63) is 47.8 Å². The van der Waals surface area contributed by atoms with Crippen LogP contribution in [0, 0.1) is 6.92 Å². The van der Waals surface area contributed by atoms with E-state index in [0.717, 1.165) is 11.1 Å². The van der Waals surface area contributed by atoms with E-state index in [9.17, 15) is 8.42 Å². The zero-order chi connectivity index (χ0) is 12.3. The minimum Gasteiger partial charge on any atom is -0.285 e. The molecule has 4 nitrogen and oxygen atoms in total. The Hall–Kier alpha value is -1.62. The van der Waals surface area contributed by atoms with Crippen LogP contribution in [0.15, 0.2) is 41.6 Å². The molecule has 1 aromatic heterocycles. The molecule has 1 N–H and O–H groups in total. The Morgan fingerprint density at radius 3 is 2.53 bits per heavy atom. The van der Waals surface area contributed by atoms with Crippen LogP contribution in [-0.2, 0) is 16.3 Å². The van der Waals surface area contributed by atoms with E-state index in [0.29, 0.717) is 11.3 Å². The minimum atomic E-state index is -3.19. The molecule has 1 aromatic carbocycles. The second kappa shape index (κ2) is 4.71. The first-order valence-corrected chi connectivity index (χ1v) is 7.00. The number of hydrogen-bond acceptors (Lipinski definition) is 3. The van der Waals surface area contributed by atoms with Gasteiger partial charge in [-0.3, -0.25) is 5.10 Å². The highest BCUT2D eigenvalue weighted by Crippen LogP contribution is 2.13. The highest BCUT2D eigenvalue weighted by molar-refractivity contribution is 7.91. The summed E-state index contributed by atoms with van der Waals surface area (Å²) < 4.78 is 24.0. The maximum absolute atomic E-state index is 12.0. The summed E-state index contributed by atoms with van der Waals surface area (Å²) in [6.07, 6.45) is 3.84. The second-order valence-corrected chi connectivity index (χ2v) is 6.10. The Morgan fingerprint density at radius 1 is 1.24 bits per heavy atom. The molecule has 0 aliphatic heterocycles. The van der Waals surface area contributed by atoms with Crippen LogP contribution in [0.3, 0.4) is 0 Å². The molecule has 0 saturated carbocycles. The fraction of sp³-hybridized carbons (Fsp3) is 0.250. The summed E-state index contributed by atoms with van der Waals surface area (Å²) in [6.45, 7) is 1.93. The van der Waals surface area contributed by atoms with E-state index in [-0.39, 0.29) is 5.75 Å². The molecule has 0 fully saturated rings. The predicted octanol–water partition coefficient (Wildman–Crippen LogP) is 1.73. The molecule has 0 saturated heterocycles. The molecular formula is C12H14N2O2S. The van der Waals surface area contributed by atoms with Gasteiger partial charge in [0.05, 0.1) is 16.8 Å². The van der Waals surface area contributed by atoms with E-state index in [4.69, 9.17) is 0 Å². The second-order valence-electron chi connectivity index (χ2n) is 3.99. The molecule has 0 unspecified atom stereocenters. The summed E-state index contributed by atoms with van der Waals surface area (Å²) in [5.74, 6) is 0.107. The zero-order valence-corrected chi connectivity index (χ0v) is 10.4. The molecule has 90 valence electrons. The molecule has 2 rings (SSSR count). The van der Waals surface area contributed by atoms with Gasteiger partial charge < -0.3 is 0 Å². The van der Waals surface area contributed by atoms with Crippen LogP contribution >= 0.6 is 0 Å². The molecule has 17 heavy (non-hydrogen) atoms. The largest absolute Gasteiger partial charge is 0.285 e. The Kier molecular flexibility index (Phi) is 3.28. The molecule has 0 aliphatic rings. The molecule has 0 aliphatic carbocycles. The molecule has 1 heterocycles. The molecular weight excluding hydrogens is 236 g/mol. The van der Waals surface area contributed by atoms with Crippen molar-refractivity contribution in [1.29, 1.82) is 0 Å². The van der Waals surface area contributed by atoms with Crippen molar-refractivity contribution in [3.63, 3.8) is 0 Å². The van der Waals surface area contributed by atoms with Gasteiger partial charge in [0, 0.05) is 6.20 Å². The SMILES string of the molecule is Cc1ccc(S(=O)(=O)CCc2cn[nH]c2)cc1. The van der Waals surface area contributed by atoms with Gasteiger partial charge in [0.15, 0.2) is 9.84 Å². The monoisotopic (exact) mass is 250 g/mol. The van der Waals surface area contributed by atoms with Crippen LogP contribution in [0.25, 0.3) is 0 Å². The summed E-state index contributed by atoms with van der Waals surface area (Å²) in [5.41, 5.74) is 1.96. The highest BCUT2D eigenvalue weighted by atomic mass is 32.2. The average Bonchev–Trinajstić information content (AvgIpc) is 2.80. The summed E-state index contributed by atoms with van der Waals surface area (Å²) in [4.78, 5) is 0.381. The van der Waals surface area contributed by atoms with Gasteiger partial charge in [-0.15, -0.1) is 0 Å². The van der Waals surface area contributed by atoms with Crippen LogP contribution in [-0.4, -0.2) is 24.4 Å². The normalized spacial score (nSPS) is 11.6. The number of rotatable bonds is 4. The van der Waals surface area contributed by atoms with Crippen LogP contribution < -0.4 is 0 Å². The lowest BCUT2D eigenvalue weighted by Crippen LogP contribution is -2.08. The molecule has 0 atom stereocenters. The maximum atomic E-state index is 12.0. The highest BCUT2D eigenvalue weighted by Gasteiger charge is 2.14. The first-order chi connectivity index (χ1) is 8.08. The van der Waals surface area contributed by atoms with Crippen molar-refractivity contribution < 1.29 is 8.42 Å². The van der Waals surface area contributed by atoms with Gasteiger partial charge in [0.2, 0.25) is 0 Å². The Morgan fingerprint density at radius 2 is 1.94 bits per heavy atom. The number of hydrogen-bond donors (Lipinski definition) is 1. The summed E-state index contributed by atoms with van der Waals surface area (Å²) in [6, 6.07) is 6.93. The van der Waals surface area contributed by atoms with Crippen LogP contribution in [0.2, 0.25) is 0 Å². The number of nitrogens with zero attached hydrogens (tertiary/aromatic N) is 1. The molecule has 0 bridgehead atoms. The van der Waals surface area contributed by atoms with Gasteiger partial charge >= 0.3 is 0 Å². The third-order valence-electron chi connectivity index (χ3n) is 2.59. The van der Waals surface area contributed by atoms with Crippen molar-refractivity contribution in [2.75, 3.05) is 5.75 Å². The van der Waals surface area contributed by atoms with Crippen molar-refractivity contribution in [1.82, 2.24) is 10.2 Å². The number of nitrogens with one attached hydrogen (secondary N) is 1. The number of sulfone groups is 1. The lowest BCUT2D eigenvalue weighted by molar-refractivity contribution is 0.595. The maximum Gasteiger partial charge on any atom is 0.178 e. The van der Waals surface area contributed by atoms with Gasteiger partial charge in [-0.05, 0) is 31.0 Å². The third kappa shape index (κ3) is 2.94. The van der Waals surface area contributed by atoms with E-state index in [2.05, 4.69) is 10.2 Å². The lowest BCUT2D eigenvalue weighted by Gasteiger charge is -2.03. The van der Waals surface area contributed by atoms with E-state index in [1.54, 1.807) is 24.5 Å². The van der Waals surface area contributed by atoms with Crippen molar-refractivity contribution in [2.45, 2.75) is 18.2 Å². The Labute approximate surface area is 101 Å². The Bertz CT molecular complexity index is 571. The number of H-pyrrole nitrogens is 1. The van der Waals surface area contributed by atoms with Gasteiger partial charge in [0.25, 0.3) is 0 Å². The van der Waals surface area contributed by atoms with Gasteiger partial charge in [-0.1, -0.05) is 17.7 Å². The first-order valence-electron chi connectivity index (χ1n) is 5.35. The first kappa shape index (κ1) is 11.9. The van der Waals surface area contributed by atoms with E-state index in [1.165, 1.54) is 0 Å². The van der Waals surface area contributed by atoms with Crippen LogP contribution in [0.1, 0.15) is 11.1 Å². The van der Waals surface area contributed by atoms with E-state index < -0.39 is 9.84 Å². The van der Waals surface area contributed by atoms with Gasteiger partial charge in [-0.25, -0.2) is 8.42 Å². The third-order valence-corrected chi connectivity index (χ3v) is 4.33. The number of aromatic nitrogens is 2. The predicted molar refractivity (Wildman–Crippen MR) is 65.5 cm³/mol. The molecule has 0 amide bonds. The Balaban J connectivity index is 2.11. The summed E-state index contributed by atoms with van der Waals surface area (Å²) in [7, 11) is -3.19. The van der Waals surface area contributed by atoms with Crippen molar-refractivity contribution in [3.8, 4) is 0 Å². The smallest absolute Gasteiger partial charge is 0.178 e. The molecule has 0 spiro atoms. The number of aromatic amines is 1. The standard InChI is InChI=1S/C12H14N2O2S/c1-10-2-4-12(5-3-10)17(15,16)7-6-11-8-13-14-9-11/h2-5,8-9H,6-7H2,1H3,(H,13,14). The van der Waals surface area contributed by atoms with Crippen LogP contribution in [0.5, 0.6) is 0 Å². The topological polar surface area (TPSA) is 62.8 Å². The zero-order valence-electron chi connectivity index (χ0n) is 9.55. The summed E-state index contributed by atoms with van der Waals surface area (Å²) in [5, 5.41) is 6.46. The lowest BCUT2D eigenvalue weighted by atomic mass is 10.2. The van der Waals surface area contributed by atoms with Gasteiger partial charge in [0.1, 0.15) is 0 Å². The summed E-state index contributed by atoms with van der Waals surface area (Å²) >= 11 is 0. The molecule has 5 heteroatoms. The average molecular weight is 250 g/mol. The minimum absolute atomic E-state index is 0.107. The molecule has 0 radical (unpaired) electrons. The van der Waals surface area contributed by atoms with E-state index in [1.807, 2.05) is 19.1 Å². The van der Waals surface area contributed by atoms with Crippen molar-refractivity contribution in [2.24, 2.45) is 0 Å². The molecule has 2 aromatic rings.